The minimum atomic E-state index is -0.145. The van der Waals surface area contributed by atoms with Crippen molar-refractivity contribution in [3.63, 3.8) is 0 Å². The van der Waals surface area contributed by atoms with E-state index in [1.807, 2.05) is 0 Å². The van der Waals surface area contributed by atoms with Gasteiger partial charge in [-0.15, -0.1) is 0 Å². The molecule has 0 saturated heterocycles. The van der Waals surface area contributed by atoms with Crippen LogP contribution in [0.5, 0.6) is 0 Å². The summed E-state index contributed by atoms with van der Waals surface area (Å²) in [6.07, 6.45) is 4.33. The molecule has 2 unspecified atom stereocenters. The van der Waals surface area contributed by atoms with Crippen molar-refractivity contribution in [1.29, 1.82) is 0 Å². The van der Waals surface area contributed by atoms with Gasteiger partial charge < -0.3 is 11.0 Å². The molecule has 116 valence electrons. The summed E-state index contributed by atoms with van der Waals surface area (Å²) in [7, 11) is 0. The Balaban J connectivity index is 0.00000147. The molecule has 2 saturated carbocycles. The van der Waals surface area contributed by atoms with Crippen molar-refractivity contribution in [3.05, 3.63) is 41.0 Å². The number of fused-ring (bicyclic) bond motifs is 2. The molecule has 0 spiro atoms. The van der Waals surface area contributed by atoms with E-state index in [1.54, 1.807) is 0 Å². The van der Waals surface area contributed by atoms with Gasteiger partial charge in [0, 0.05) is 5.41 Å². The van der Waals surface area contributed by atoms with E-state index >= 15 is 0 Å². The van der Waals surface area contributed by atoms with E-state index in [2.05, 4.69) is 58.0 Å². The molecule has 3 rings (SSSR count). The van der Waals surface area contributed by atoms with E-state index in [-0.39, 0.29) is 43.5 Å². The van der Waals surface area contributed by atoms with Gasteiger partial charge in [0.1, 0.15) is 0 Å². The summed E-state index contributed by atoms with van der Waals surface area (Å²) in [5, 5.41) is 0. The Morgan fingerprint density at radius 3 is 2.09 bits per heavy atom. The molecule has 3 nitrogen and oxygen atoms in total. The number of ketones is 1. The molecule has 0 heterocycles. The van der Waals surface area contributed by atoms with Crippen molar-refractivity contribution in [2.24, 2.45) is 16.7 Å². The normalized spacial score (nSPS) is 29.5. The Labute approximate surface area is 147 Å². The van der Waals surface area contributed by atoms with Crippen LogP contribution in [0.4, 0.5) is 0 Å². The molecular weight excluding hydrogens is 312 g/mol. The number of rotatable bonds is 1. The van der Waals surface area contributed by atoms with E-state index in [1.165, 1.54) is 5.56 Å². The minimum absolute atomic E-state index is 0. The predicted octanol–water partition coefficient (Wildman–Crippen LogP) is 4.16. The van der Waals surface area contributed by atoms with Gasteiger partial charge in [-0.05, 0) is 48.3 Å². The van der Waals surface area contributed by atoms with Gasteiger partial charge in [-0.25, -0.2) is 0 Å². The number of benzene rings is 1. The van der Waals surface area contributed by atoms with Crippen LogP contribution in [0, 0.1) is 23.7 Å². The van der Waals surface area contributed by atoms with E-state index in [0.717, 1.165) is 24.0 Å². The summed E-state index contributed by atoms with van der Waals surface area (Å²) in [5.41, 5.74) is 3.44. The average molecular weight is 334 g/mol. The van der Waals surface area contributed by atoms with Gasteiger partial charge >= 0.3 is 21.7 Å². The standard InChI is InChI=1S/C18H22O.2O.Ti/c1-12-5-7-13(8-6-12)11-14-15-9-10-18(4,16(14)19)17(15,2)3;;;/h5-8,11,15H,9-10H2,1-4H3;;;/q;2*-2;+4. The summed E-state index contributed by atoms with van der Waals surface area (Å²) >= 11 is 0. The summed E-state index contributed by atoms with van der Waals surface area (Å²) in [4.78, 5) is 12.7. The van der Waals surface area contributed by atoms with Crippen LogP contribution in [-0.4, -0.2) is 5.78 Å². The third-order valence-corrected chi connectivity index (χ3v) is 5.76. The van der Waals surface area contributed by atoms with Crippen LogP contribution < -0.4 is 0 Å². The average Bonchev–Trinajstić information content (AvgIpc) is 2.66. The molecule has 0 N–H and O–H groups in total. The van der Waals surface area contributed by atoms with Gasteiger partial charge in [-0.3, -0.25) is 4.79 Å². The summed E-state index contributed by atoms with van der Waals surface area (Å²) in [6, 6.07) is 8.43. The Morgan fingerprint density at radius 1 is 1.09 bits per heavy atom. The molecule has 4 heteroatoms. The first-order chi connectivity index (χ1) is 8.86. The first-order valence-electron chi connectivity index (χ1n) is 7.19. The second-order valence-electron chi connectivity index (χ2n) is 6.98. The zero-order valence-electron chi connectivity index (χ0n) is 13.6. The molecule has 0 radical (unpaired) electrons. The van der Waals surface area contributed by atoms with Gasteiger partial charge in [0.2, 0.25) is 0 Å². The fourth-order valence-electron chi connectivity index (χ4n) is 3.94. The first-order valence-corrected chi connectivity index (χ1v) is 7.19. The van der Waals surface area contributed by atoms with Crippen molar-refractivity contribution in [2.75, 3.05) is 0 Å². The van der Waals surface area contributed by atoms with Gasteiger partial charge in [-0.1, -0.05) is 50.6 Å². The molecule has 0 aromatic heterocycles. The summed E-state index contributed by atoms with van der Waals surface area (Å²) in [6.45, 7) is 8.77. The zero-order valence-corrected chi connectivity index (χ0v) is 15.2. The van der Waals surface area contributed by atoms with Crippen LogP contribution in [0.1, 0.15) is 44.7 Å². The van der Waals surface area contributed by atoms with E-state index < -0.39 is 0 Å². The third-order valence-electron chi connectivity index (χ3n) is 5.76. The van der Waals surface area contributed by atoms with Crippen LogP contribution in [0.2, 0.25) is 0 Å². The van der Waals surface area contributed by atoms with E-state index in [4.69, 9.17) is 0 Å². The molecular formula is C18H22O3Ti. The summed E-state index contributed by atoms with van der Waals surface area (Å²) in [5.74, 6) is 0.820. The Kier molecular flexibility index (Phi) is 6.57. The number of hydrogen-bond donors (Lipinski definition) is 0. The van der Waals surface area contributed by atoms with Crippen LogP contribution in [-0.2, 0) is 37.5 Å². The van der Waals surface area contributed by atoms with Crippen molar-refractivity contribution >= 4 is 11.9 Å². The molecule has 0 aliphatic heterocycles. The Morgan fingerprint density at radius 2 is 1.64 bits per heavy atom. The van der Waals surface area contributed by atoms with Crippen LogP contribution in [0.15, 0.2) is 29.8 Å². The number of carbonyl (C=O) groups is 1. The Bertz CT molecular complexity index is 574. The second-order valence-corrected chi connectivity index (χ2v) is 6.98. The predicted molar refractivity (Wildman–Crippen MR) is 80.1 cm³/mol. The first kappa shape index (κ1) is 21.3. The fourth-order valence-corrected chi connectivity index (χ4v) is 3.94. The maximum Gasteiger partial charge on any atom is 4.00 e. The molecule has 2 fully saturated rings. The van der Waals surface area contributed by atoms with Crippen molar-refractivity contribution < 1.29 is 37.5 Å². The van der Waals surface area contributed by atoms with Gasteiger partial charge in [0.05, 0.1) is 0 Å². The molecule has 1 aromatic rings. The zero-order chi connectivity index (χ0) is 13.8. The molecule has 0 amide bonds. The van der Waals surface area contributed by atoms with Crippen molar-refractivity contribution in [2.45, 2.75) is 40.5 Å². The van der Waals surface area contributed by atoms with Crippen LogP contribution >= 0.6 is 0 Å². The van der Waals surface area contributed by atoms with Crippen LogP contribution in [0.3, 0.4) is 0 Å². The monoisotopic (exact) mass is 334 g/mol. The quantitative estimate of drug-likeness (QED) is 0.561. The number of carbonyl (C=O) groups excluding carboxylic acids is 1. The second kappa shape index (κ2) is 6.80. The van der Waals surface area contributed by atoms with Crippen molar-refractivity contribution in [3.8, 4) is 0 Å². The largest absolute Gasteiger partial charge is 4.00 e. The molecule has 1 aromatic carbocycles. The molecule has 2 aliphatic rings. The number of aryl methyl sites for hydroxylation is 1. The van der Waals surface area contributed by atoms with E-state index in [9.17, 15) is 4.79 Å². The summed E-state index contributed by atoms with van der Waals surface area (Å²) < 4.78 is 0. The maximum absolute atomic E-state index is 12.7. The van der Waals surface area contributed by atoms with Gasteiger partial charge in [0.25, 0.3) is 0 Å². The maximum atomic E-state index is 12.7. The molecule has 2 bridgehead atoms. The third kappa shape index (κ3) is 2.76. The van der Waals surface area contributed by atoms with Gasteiger partial charge in [-0.2, -0.15) is 0 Å². The van der Waals surface area contributed by atoms with E-state index in [0.29, 0.717) is 11.7 Å². The molecule has 22 heavy (non-hydrogen) atoms. The number of allylic oxidation sites excluding steroid dienone is 1. The minimum Gasteiger partial charge on any atom is -2.00 e. The Hall–Kier alpha value is -0.736. The number of Topliss-reactive ketones (excluding diaryl/α,β-unsaturated/α-hetero) is 1. The van der Waals surface area contributed by atoms with Crippen LogP contribution in [0.25, 0.3) is 6.08 Å². The van der Waals surface area contributed by atoms with Crippen molar-refractivity contribution in [1.82, 2.24) is 0 Å². The fraction of sp³-hybridized carbons (Fsp3) is 0.500. The molecule has 2 atom stereocenters. The smallest absolute Gasteiger partial charge is 2.00 e. The SMILES string of the molecule is Cc1ccc(C=C2C(=O)C3(C)CCC2C3(C)C)cc1.[O-2].[O-2].[Ti+4]. The molecule has 2 aliphatic carbocycles. The number of hydrogen-bond acceptors (Lipinski definition) is 1. The van der Waals surface area contributed by atoms with Gasteiger partial charge in [0.15, 0.2) is 5.78 Å². The topological polar surface area (TPSA) is 74.1 Å².